The average Bonchev–Trinajstić information content (AvgIpc) is 3.53. The van der Waals surface area contributed by atoms with Crippen molar-refractivity contribution in [2.24, 2.45) is 46.7 Å². The molecule has 0 radical (unpaired) electrons. The second-order valence-corrected chi connectivity index (χ2v) is 11.4. The first kappa shape index (κ1) is 24.3. The fourth-order valence-corrected chi connectivity index (χ4v) is 7.84. The van der Waals surface area contributed by atoms with Crippen LogP contribution in [0.15, 0.2) is 36.1 Å². The Morgan fingerprint density at radius 2 is 2.15 bits per heavy atom. The fourth-order valence-electron chi connectivity index (χ4n) is 7.84. The lowest BCUT2D eigenvalue weighted by Gasteiger charge is -2.56. The minimum Gasteiger partial charge on any atom is -0.504 e. The van der Waals surface area contributed by atoms with Gasteiger partial charge in [-0.2, -0.15) is 0 Å². The summed E-state index contributed by atoms with van der Waals surface area (Å²) in [5.74, 6) is 8.75. The van der Waals surface area contributed by atoms with E-state index in [-0.39, 0.29) is 23.2 Å². The van der Waals surface area contributed by atoms with Gasteiger partial charge in [0, 0.05) is 17.9 Å². The first-order chi connectivity index (χ1) is 15.8. The van der Waals surface area contributed by atoms with Gasteiger partial charge < -0.3 is 10.5 Å². The van der Waals surface area contributed by atoms with Crippen LogP contribution in [0.1, 0.15) is 78.6 Å². The Kier molecular flexibility index (Phi) is 6.97. The molecule has 4 saturated carbocycles. The van der Waals surface area contributed by atoms with Crippen molar-refractivity contribution < 1.29 is 9.53 Å². The van der Waals surface area contributed by atoms with Gasteiger partial charge in [-0.1, -0.05) is 38.3 Å². The van der Waals surface area contributed by atoms with Crippen LogP contribution in [0.25, 0.3) is 0 Å². The largest absolute Gasteiger partial charge is 0.504 e. The van der Waals surface area contributed by atoms with Gasteiger partial charge in [0.2, 0.25) is 0 Å². The van der Waals surface area contributed by atoms with E-state index < -0.39 is 5.54 Å². The molecule has 7 unspecified atom stereocenters. The van der Waals surface area contributed by atoms with Crippen molar-refractivity contribution in [3.63, 3.8) is 0 Å². The van der Waals surface area contributed by atoms with Crippen molar-refractivity contribution in [1.82, 2.24) is 0 Å². The van der Waals surface area contributed by atoms with E-state index in [4.69, 9.17) is 17.0 Å². The van der Waals surface area contributed by atoms with Crippen LogP contribution < -0.4 is 5.73 Å². The van der Waals surface area contributed by atoms with E-state index in [1.54, 1.807) is 13.4 Å². The van der Waals surface area contributed by atoms with E-state index in [2.05, 4.69) is 25.7 Å². The summed E-state index contributed by atoms with van der Waals surface area (Å²) in [6, 6.07) is 0. The zero-order valence-electron chi connectivity index (χ0n) is 21.2. The van der Waals surface area contributed by atoms with Crippen LogP contribution in [-0.4, -0.2) is 18.4 Å². The lowest BCUT2D eigenvalue weighted by atomic mass is 9.50. The third-order valence-corrected chi connectivity index (χ3v) is 9.95. The molecular formula is C30H43NO2. The van der Waals surface area contributed by atoms with Gasteiger partial charge in [0.25, 0.3) is 0 Å². The highest BCUT2D eigenvalue weighted by molar-refractivity contribution is 5.83. The molecule has 0 amide bonds. The molecule has 0 bridgehead atoms. The van der Waals surface area contributed by atoms with Crippen molar-refractivity contribution in [3.05, 3.63) is 36.1 Å². The fraction of sp³-hybridized carbons (Fsp3) is 0.700. The maximum atomic E-state index is 13.5. The number of carbonyl (C=O) groups excluding carboxylic acids is 1. The van der Waals surface area contributed by atoms with E-state index in [0.717, 1.165) is 24.8 Å². The summed E-state index contributed by atoms with van der Waals surface area (Å²) in [5.41, 5.74) is 9.74. The van der Waals surface area contributed by atoms with Gasteiger partial charge in [0.05, 0.1) is 13.4 Å². The lowest BCUT2D eigenvalue weighted by Crippen LogP contribution is -2.64. The molecule has 8 atom stereocenters. The minimum absolute atomic E-state index is 0.0853. The van der Waals surface area contributed by atoms with Crippen LogP contribution >= 0.6 is 0 Å². The van der Waals surface area contributed by atoms with Gasteiger partial charge in [0.1, 0.15) is 5.78 Å². The number of ether oxygens (including phenoxy) is 1. The third kappa shape index (κ3) is 4.03. The highest BCUT2D eigenvalue weighted by atomic mass is 16.5. The Morgan fingerprint density at radius 3 is 2.85 bits per heavy atom. The van der Waals surface area contributed by atoms with E-state index in [1.807, 2.05) is 19.1 Å². The summed E-state index contributed by atoms with van der Waals surface area (Å²) in [4.78, 5) is 13.5. The van der Waals surface area contributed by atoms with E-state index in [0.29, 0.717) is 30.0 Å². The highest BCUT2D eigenvalue weighted by Crippen LogP contribution is 2.73. The zero-order valence-corrected chi connectivity index (χ0v) is 21.2. The van der Waals surface area contributed by atoms with Gasteiger partial charge in [-0.3, -0.25) is 4.79 Å². The summed E-state index contributed by atoms with van der Waals surface area (Å²) in [5, 5.41) is 0. The molecule has 0 aromatic rings. The number of allylic oxidation sites excluding steroid dienone is 3. The number of rotatable bonds is 6. The normalized spacial score (nSPS) is 41.2. The molecule has 0 aromatic heterocycles. The highest BCUT2D eigenvalue weighted by Gasteiger charge is 2.72. The van der Waals surface area contributed by atoms with Crippen LogP contribution in [-0.2, 0) is 9.53 Å². The number of methoxy groups -OCH3 is 1. The number of hydrogen-bond donors (Lipinski definition) is 1. The maximum absolute atomic E-state index is 13.5. The molecule has 4 aliphatic rings. The van der Waals surface area contributed by atoms with Gasteiger partial charge in [-0.15, -0.1) is 5.92 Å². The molecule has 1 spiro atoms. The van der Waals surface area contributed by atoms with E-state index >= 15 is 0 Å². The van der Waals surface area contributed by atoms with E-state index in [9.17, 15) is 4.79 Å². The first-order valence-corrected chi connectivity index (χ1v) is 13.1. The van der Waals surface area contributed by atoms with Crippen molar-refractivity contribution in [2.75, 3.05) is 7.11 Å². The molecule has 4 rings (SSSR count). The summed E-state index contributed by atoms with van der Waals surface area (Å²) in [6.45, 7) is 11.2. The van der Waals surface area contributed by atoms with Gasteiger partial charge in [-0.25, -0.2) is 0 Å². The Balaban J connectivity index is 1.70. The van der Waals surface area contributed by atoms with Crippen molar-refractivity contribution in [3.8, 4) is 11.8 Å². The monoisotopic (exact) mass is 449 g/mol. The summed E-state index contributed by atoms with van der Waals surface area (Å²) >= 11 is 0. The zero-order chi connectivity index (χ0) is 23.8. The molecule has 4 aliphatic carbocycles. The molecule has 2 N–H and O–H groups in total. The Labute approximate surface area is 201 Å². The maximum Gasteiger partial charge on any atom is 0.136 e. The molecule has 0 saturated heterocycles. The van der Waals surface area contributed by atoms with Crippen LogP contribution in [0.4, 0.5) is 0 Å². The predicted octanol–water partition coefficient (Wildman–Crippen LogP) is 6.21. The number of hydrogen-bond acceptors (Lipinski definition) is 3. The van der Waals surface area contributed by atoms with Crippen molar-refractivity contribution >= 4 is 5.78 Å². The molecule has 0 aliphatic heterocycles. The number of fused-ring (bicyclic) bond motifs is 2. The molecule has 3 nitrogen and oxygen atoms in total. The molecule has 180 valence electrons. The first-order valence-electron chi connectivity index (χ1n) is 13.1. The Bertz CT molecular complexity index is 904. The molecular weight excluding hydrogens is 406 g/mol. The number of carbonyl (C=O) groups is 1. The topological polar surface area (TPSA) is 52.3 Å². The summed E-state index contributed by atoms with van der Waals surface area (Å²) in [7, 11) is 1.65. The quantitative estimate of drug-likeness (QED) is 0.227. The lowest BCUT2D eigenvalue weighted by molar-refractivity contribution is -0.133. The Morgan fingerprint density at radius 1 is 1.36 bits per heavy atom. The number of ketones is 1. The van der Waals surface area contributed by atoms with Crippen LogP contribution in [0.3, 0.4) is 0 Å². The molecule has 3 heteroatoms. The molecule has 0 heterocycles. The standard InChI is InChI=1S/C30H43NO2/c1-6-8-9-22(13-15-33-5)24-17-27-26(28(32)18-24)12-14-29-19-25(29)11-10-23(16-20(3)7-2)21(4)30(27,29)31/h9,13,15,20,23-27H,4,7,10-12,14,16-19,31H2,1-3,5H3/b15-13-,22-9-/t20-,23?,24?,25?,26?,27?,29?,30?/m1/s1. The second-order valence-electron chi connectivity index (χ2n) is 11.4. The second kappa shape index (κ2) is 9.46. The Hall–Kier alpha value is -1.79. The minimum atomic E-state index is -0.421. The van der Waals surface area contributed by atoms with Gasteiger partial charge >= 0.3 is 0 Å². The smallest absolute Gasteiger partial charge is 0.136 e. The number of nitrogens with two attached hydrogens (primary N) is 1. The van der Waals surface area contributed by atoms with Gasteiger partial charge in [0.15, 0.2) is 0 Å². The molecule has 4 fully saturated rings. The summed E-state index contributed by atoms with van der Waals surface area (Å²) < 4.78 is 5.21. The molecule has 33 heavy (non-hydrogen) atoms. The third-order valence-electron chi connectivity index (χ3n) is 9.95. The van der Waals surface area contributed by atoms with Crippen molar-refractivity contribution in [1.29, 1.82) is 0 Å². The van der Waals surface area contributed by atoms with Crippen molar-refractivity contribution in [2.45, 2.75) is 84.1 Å². The van der Waals surface area contributed by atoms with Crippen LogP contribution in [0.2, 0.25) is 0 Å². The molecule has 0 aromatic carbocycles. The average molecular weight is 450 g/mol. The van der Waals surface area contributed by atoms with Gasteiger partial charge in [-0.05, 0) is 105 Å². The number of Topliss-reactive ketones (excluding diaryl/α,β-unsaturated/α-hetero) is 1. The SMILES string of the molecule is C=C1C(C[C@H](C)CC)CCC2CC23CCC2C(=O)CC(C(/C=C\OC)=C\C#CC)CC2C13N. The summed E-state index contributed by atoms with van der Waals surface area (Å²) in [6.07, 6.45) is 15.4. The van der Waals surface area contributed by atoms with E-state index in [1.165, 1.54) is 37.7 Å². The van der Waals surface area contributed by atoms with Crippen LogP contribution in [0.5, 0.6) is 0 Å². The predicted molar refractivity (Wildman–Crippen MR) is 135 cm³/mol. The van der Waals surface area contributed by atoms with Crippen LogP contribution in [0, 0.1) is 52.8 Å².